The van der Waals surface area contributed by atoms with Crippen LogP contribution in [-0.2, 0) is 20.9 Å². The third kappa shape index (κ3) is 5.18. The summed E-state index contributed by atoms with van der Waals surface area (Å²) >= 11 is 9.07. The molecule has 8 nitrogen and oxygen atoms in total. The minimum absolute atomic E-state index is 0.229. The molecule has 0 radical (unpaired) electrons. The Morgan fingerprint density at radius 3 is 2.17 bits per heavy atom. The zero-order valence-corrected chi connectivity index (χ0v) is 26.2. The van der Waals surface area contributed by atoms with Gasteiger partial charge in [-0.2, -0.15) is 0 Å². The summed E-state index contributed by atoms with van der Waals surface area (Å²) in [4.78, 5) is 55.7. The summed E-state index contributed by atoms with van der Waals surface area (Å²) in [6.07, 6.45) is 0. The fraction of sp³-hybridized carbons (Fsp3) is 0.172. The van der Waals surface area contributed by atoms with Gasteiger partial charge in [0.25, 0.3) is 0 Å². The molecule has 3 heterocycles. The van der Waals surface area contributed by atoms with E-state index in [0.717, 1.165) is 25.8 Å². The monoisotopic (exact) mass is 713 g/mol. The number of amides is 3. The van der Waals surface area contributed by atoms with E-state index >= 15 is 0 Å². The summed E-state index contributed by atoms with van der Waals surface area (Å²) in [5, 5.41) is 2.60. The number of nitrogens with one attached hydrogen (secondary N) is 1. The molecule has 4 aromatic rings. The van der Waals surface area contributed by atoms with Crippen LogP contribution in [0.15, 0.2) is 91.6 Å². The van der Waals surface area contributed by atoms with Crippen LogP contribution < -0.4 is 19.8 Å². The maximum atomic E-state index is 13.9. The highest BCUT2D eigenvalue weighted by atomic mass is 79.9. The Hall–Kier alpha value is -3.19. The SMILES string of the molecule is COc1ccc(NC(=O)Cn2c3c(sc2=O)[C@@H](c2ccc(Br)cc2)[C@@H]2C(=O)N(c4ccc(Br)cc4)C(=O)[C@@H]2S3)cc1. The van der Waals surface area contributed by atoms with E-state index in [1.54, 1.807) is 55.6 Å². The Morgan fingerprint density at radius 1 is 0.902 bits per heavy atom. The molecule has 3 aromatic carbocycles. The lowest BCUT2D eigenvalue weighted by Gasteiger charge is -2.30. The highest BCUT2D eigenvalue weighted by Gasteiger charge is 2.56. The number of anilines is 2. The van der Waals surface area contributed by atoms with E-state index in [1.165, 1.54) is 21.2 Å². The molecule has 1 aromatic heterocycles. The van der Waals surface area contributed by atoms with Gasteiger partial charge in [-0.1, -0.05) is 67.1 Å². The van der Waals surface area contributed by atoms with Crippen molar-refractivity contribution >= 4 is 84.1 Å². The number of halogens is 2. The Balaban J connectivity index is 1.38. The number of hydrogen-bond acceptors (Lipinski definition) is 7. The van der Waals surface area contributed by atoms with E-state index < -0.39 is 17.1 Å². The first kappa shape index (κ1) is 28.0. The summed E-state index contributed by atoms with van der Waals surface area (Å²) in [6.45, 7) is -0.229. The highest BCUT2D eigenvalue weighted by Crippen LogP contribution is 2.54. The number of methoxy groups -OCH3 is 1. The van der Waals surface area contributed by atoms with Crippen LogP contribution in [0.5, 0.6) is 5.75 Å². The van der Waals surface area contributed by atoms with E-state index in [4.69, 9.17) is 4.74 Å². The number of carbonyl (C=O) groups excluding carboxylic acids is 3. The number of aromatic nitrogens is 1. The van der Waals surface area contributed by atoms with Gasteiger partial charge in [0, 0.05) is 25.4 Å². The molecule has 0 bridgehead atoms. The van der Waals surface area contributed by atoms with Gasteiger partial charge < -0.3 is 10.1 Å². The van der Waals surface area contributed by atoms with Crippen LogP contribution in [0.1, 0.15) is 16.4 Å². The van der Waals surface area contributed by atoms with E-state index in [0.29, 0.717) is 27.0 Å². The van der Waals surface area contributed by atoms with Gasteiger partial charge in [0.05, 0.1) is 23.7 Å². The minimum atomic E-state index is -0.753. The van der Waals surface area contributed by atoms with Crippen molar-refractivity contribution in [1.82, 2.24) is 4.57 Å². The maximum Gasteiger partial charge on any atom is 0.308 e. The summed E-state index contributed by atoms with van der Waals surface area (Å²) in [5.74, 6) is -1.60. The molecule has 208 valence electrons. The van der Waals surface area contributed by atoms with E-state index in [9.17, 15) is 19.2 Å². The van der Waals surface area contributed by atoms with Crippen molar-refractivity contribution in [3.05, 3.63) is 102 Å². The van der Waals surface area contributed by atoms with Crippen molar-refractivity contribution in [2.24, 2.45) is 5.92 Å². The Bertz CT molecular complexity index is 1720. The lowest BCUT2D eigenvalue weighted by molar-refractivity contribution is -0.122. The van der Waals surface area contributed by atoms with Gasteiger partial charge in [-0.15, -0.1) is 0 Å². The Labute approximate surface area is 260 Å². The molecule has 1 N–H and O–H groups in total. The molecule has 0 aliphatic carbocycles. The molecule has 0 saturated carbocycles. The molecular formula is C29H21Br2N3O5S2. The molecule has 2 aliphatic rings. The Morgan fingerprint density at radius 2 is 1.54 bits per heavy atom. The zero-order valence-electron chi connectivity index (χ0n) is 21.4. The largest absolute Gasteiger partial charge is 0.497 e. The molecule has 41 heavy (non-hydrogen) atoms. The normalized spacial score (nSPS) is 19.6. The van der Waals surface area contributed by atoms with Crippen LogP contribution in [0.4, 0.5) is 11.4 Å². The van der Waals surface area contributed by atoms with Crippen molar-refractivity contribution < 1.29 is 19.1 Å². The van der Waals surface area contributed by atoms with E-state index in [-0.39, 0.29) is 29.1 Å². The number of fused-ring (bicyclic) bond motifs is 2. The number of ether oxygens (including phenoxy) is 1. The molecular weight excluding hydrogens is 694 g/mol. The number of imide groups is 1. The average Bonchev–Trinajstić information content (AvgIpc) is 3.40. The van der Waals surface area contributed by atoms with Crippen LogP contribution >= 0.6 is 55.0 Å². The highest BCUT2D eigenvalue weighted by molar-refractivity contribution is 9.10. The number of thiazole rings is 1. The lowest BCUT2D eigenvalue weighted by Crippen LogP contribution is -2.33. The smallest absolute Gasteiger partial charge is 0.308 e. The summed E-state index contributed by atoms with van der Waals surface area (Å²) in [5.41, 5.74) is 1.88. The first-order valence-electron chi connectivity index (χ1n) is 12.5. The van der Waals surface area contributed by atoms with Gasteiger partial charge in [0.2, 0.25) is 17.7 Å². The van der Waals surface area contributed by atoms with E-state index in [2.05, 4.69) is 37.2 Å². The third-order valence-corrected chi connectivity index (χ3v) is 10.7. The fourth-order valence-electron chi connectivity index (χ4n) is 5.15. The molecule has 1 saturated heterocycles. The number of thioether (sulfide) groups is 1. The number of nitrogens with zero attached hydrogens (tertiary/aromatic N) is 2. The van der Waals surface area contributed by atoms with Gasteiger partial charge >= 0.3 is 4.87 Å². The first-order valence-corrected chi connectivity index (χ1v) is 15.8. The van der Waals surface area contributed by atoms with Crippen LogP contribution in [0.3, 0.4) is 0 Å². The molecule has 0 spiro atoms. The van der Waals surface area contributed by atoms with Crippen LogP contribution in [0.2, 0.25) is 0 Å². The van der Waals surface area contributed by atoms with Crippen molar-refractivity contribution in [2.45, 2.75) is 22.7 Å². The molecule has 2 aliphatic heterocycles. The van der Waals surface area contributed by atoms with Gasteiger partial charge in [-0.25, -0.2) is 4.90 Å². The minimum Gasteiger partial charge on any atom is -0.497 e. The predicted molar refractivity (Wildman–Crippen MR) is 166 cm³/mol. The van der Waals surface area contributed by atoms with Gasteiger partial charge in [0.1, 0.15) is 17.5 Å². The molecule has 3 amide bonds. The molecule has 3 atom stereocenters. The Kier molecular flexibility index (Phi) is 7.66. The topological polar surface area (TPSA) is 97.7 Å². The molecule has 0 unspecified atom stereocenters. The first-order chi connectivity index (χ1) is 19.7. The molecule has 6 rings (SSSR count). The predicted octanol–water partition coefficient (Wildman–Crippen LogP) is 5.88. The number of hydrogen-bond donors (Lipinski definition) is 1. The quantitative estimate of drug-likeness (QED) is 0.251. The summed E-state index contributed by atoms with van der Waals surface area (Å²) in [7, 11) is 1.56. The van der Waals surface area contributed by atoms with Crippen molar-refractivity contribution in [2.75, 3.05) is 17.3 Å². The second-order valence-corrected chi connectivity index (χ2v) is 13.4. The zero-order chi connectivity index (χ0) is 28.8. The third-order valence-electron chi connectivity index (χ3n) is 7.04. The van der Waals surface area contributed by atoms with Gasteiger partial charge in [0.15, 0.2) is 0 Å². The standard InChI is InChI=1S/C29H21Br2N3O5S2/c1-39-20-12-8-18(9-13-20)32-21(35)14-33-28-25(41-29(33)38)22(15-2-4-16(30)5-3-15)23-24(40-28)27(37)34(26(23)36)19-10-6-17(31)7-11-19/h2-13,22-24H,14H2,1H3,(H,32,35)/t22-,23-,24+/m0/s1. The van der Waals surface area contributed by atoms with Crippen molar-refractivity contribution in [3.8, 4) is 5.75 Å². The van der Waals surface area contributed by atoms with Crippen LogP contribution in [-0.4, -0.2) is 34.6 Å². The van der Waals surface area contributed by atoms with E-state index in [1.807, 2.05) is 24.3 Å². The van der Waals surface area contributed by atoms with Crippen LogP contribution in [0.25, 0.3) is 0 Å². The fourth-order valence-corrected chi connectivity index (χ4v) is 8.45. The molecule has 1 fully saturated rings. The summed E-state index contributed by atoms with van der Waals surface area (Å²) in [6, 6.07) is 21.5. The van der Waals surface area contributed by atoms with Gasteiger partial charge in [-0.05, 0) is 66.2 Å². The lowest BCUT2D eigenvalue weighted by atomic mass is 9.83. The number of carbonyl (C=O) groups is 3. The second-order valence-electron chi connectivity index (χ2n) is 9.48. The van der Waals surface area contributed by atoms with Crippen molar-refractivity contribution in [1.29, 1.82) is 0 Å². The number of rotatable bonds is 6. The van der Waals surface area contributed by atoms with Crippen molar-refractivity contribution in [3.63, 3.8) is 0 Å². The second kappa shape index (κ2) is 11.2. The van der Waals surface area contributed by atoms with Crippen LogP contribution in [0, 0.1) is 5.92 Å². The average molecular weight is 715 g/mol. The summed E-state index contributed by atoms with van der Waals surface area (Å²) < 4.78 is 8.27. The maximum absolute atomic E-state index is 13.9. The van der Waals surface area contributed by atoms with Gasteiger partial charge in [-0.3, -0.25) is 23.7 Å². The molecule has 12 heteroatoms. The number of benzene rings is 3.